The Hall–Kier alpha value is 1.30. The molecule has 1 aliphatic rings. The predicted octanol–water partition coefficient (Wildman–Crippen LogP) is 8.75. The molecule has 2 N–H and O–H groups in total. The lowest BCUT2D eigenvalue weighted by atomic mass is 10.3. The van der Waals surface area contributed by atoms with Crippen LogP contribution in [0.1, 0.15) is 95.5 Å². The average Bonchev–Trinajstić information content (AvgIpc) is 2.37. The molecule has 0 unspecified atom stereocenters. The summed E-state index contributed by atoms with van der Waals surface area (Å²) in [7, 11) is 4.00. The quantitative estimate of drug-likeness (QED) is 0.304. The molecule has 27 heavy (non-hydrogen) atoms. The Morgan fingerprint density at radius 3 is 0.778 bits per heavy atom. The van der Waals surface area contributed by atoms with E-state index in [9.17, 15) is 0 Å². The minimum absolute atomic E-state index is 0. The topological polar surface area (TPSA) is 30.5 Å². The summed E-state index contributed by atoms with van der Waals surface area (Å²) in [5.74, 6) is 0. The number of nitrogens with one attached hydrogen (secondary N) is 2. The zero-order valence-electron chi connectivity index (χ0n) is 10.9. The molecule has 0 aromatic rings. The Labute approximate surface area is 205 Å². The van der Waals surface area contributed by atoms with E-state index in [0.717, 1.165) is 13.3 Å². The van der Waals surface area contributed by atoms with Crippen LogP contribution in [0.4, 0.5) is 0 Å². The third-order valence-corrected chi connectivity index (χ3v) is 2.23. The van der Waals surface area contributed by atoms with Crippen LogP contribution in [0.15, 0.2) is 0 Å². The summed E-state index contributed by atoms with van der Waals surface area (Å²) in [5, 5.41) is 6.35. The van der Waals surface area contributed by atoms with Crippen molar-refractivity contribution in [2.24, 2.45) is 0 Å². The first-order chi connectivity index (χ1) is 7.86. The van der Waals surface area contributed by atoms with Crippen LogP contribution in [0.3, 0.4) is 0 Å². The summed E-state index contributed by atoms with van der Waals surface area (Å²) in [6.07, 6.45) is 0. The van der Waals surface area contributed by atoms with Gasteiger partial charge in [-0.3, -0.25) is 9.80 Å². The Balaban J connectivity index is -0.0000000112. The zero-order chi connectivity index (χ0) is 12.8. The minimum atomic E-state index is 0. The third-order valence-electron chi connectivity index (χ3n) is 2.23. The zero-order valence-corrected chi connectivity index (χ0v) is 15.2. The van der Waals surface area contributed by atoms with Crippen LogP contribution in [0.5, 0.6) is 0 Å². The molecule has 0 aromatic heterocycles. The van der Waals surface area contributed by atoms with E-state index in [1.54, 1.807) is 0 Å². The maximum Gasteiger partial charge on any atom is 0.0479 e. The molecule has 1 fully saturated rings. The van der Waals surface area contributed by atoms with Gasteiger partial charge in [-0.05, 0) is 14.1 Å². The molecule has 0 atom stereocenters. The second-order valence-corrected chi connectivity index (χ2v) is 3.26. The van der Waals surface area contributed by atoms with Gasteiger partial charge in [0, 0.05) is 76.7 Å². The van der Waals surface area contributed by atoms with Crippen LogP contribution in [-0.2, 0) is 0 Å². The highest BCUT2D eigenvalue weighted by molar-refractivity contribution is 15.0. The van der Waals surface area contributed by atoms with Gasteiger partial charge < -0.3 is 10.6 Å². The first-order valence-corrected chi connectivity index (χ1v) is 12.0. The second kappa shape index (κ2) is 80.7. The van der Waals surface area contributed by atoms with Crippen molar-refractivity contribution in [3.05, 3.63) is 0 Å². The molecule has 0 spiro atoms. The first kappa shape index (κ1) is 90.1. The molecule has 0 aliphatic carbocycles. The molecule has 0 bridgehead atoms. The molecule has 0 saturated carbocycles. The molecule has 0 radical (unpaired) electrons. The van der Waals surface area contributed by atoms with Crippen LogP contribution < -0.4 is 10.6 Å². The lowest BCUT2D eigenvalue weighted by Gasteiger charge is -2.34. The van der Waals surface area contributed by atoms with Gasteiger partial charge in [0.2, 0.25) is 0 Å². The summed E-state index contributed by atoms with van der Waals surface area (Å²) in [4.78, 5) is 4.87. The van der Waals surface area contributed by atoms with Crippen molar-refractivity contribution in [3.63, 3.8) is 0 Å². The average molecular weight is 633 g/mol. The molecular formula is C21H70I2N4. The first-order valence-electron chi connectivity index (χ1n) is 5.75. The van der Waals surface area contributed by atoms with E-state index >= 15 is 0 Å². The van der Waals surface area contributed by atoms with Crippen molar-refractivity contribution in [2.45, 2.75) is 95.5 Å². The summed E-state index contributed by atoms with van der Waals surface area (Å²) in [6.45, 7) is 10.8. The van der Waals surface area contributed by atoms with Gasteiger partial charge in [-0.2, -0.15) is 0 Å². The van der Waals surface area contributed by atoms with Gasteiger partial charge in [0.1, 0.15) is 0 Å². The largest absolute Gasteiger partial charge is 0.307 e. The second-order valence-electron chi connectivity index (χ2n) is 3.26. The fourth-order valence-electron chi connectivity index (χ4n) is 1.55. The van der Waals surface area contributed by atoms with Crippen molar-refractivity contribution in [1.82, 2.24) is 20.4 Å². The van der Waals surface area contributed by atoms with Crippen LogP contribution in [-0.4, -0.2) is 63.4 Å². The number of nitrogens with zero attached hydrogens (tertiary/aromatic N) is 2. The Morgan fingerprint density at radius 1 is 0.519 bits per heavy atom. The fourth-order valence-corrected chi connectivity index (χ4v) is 1.55. The van der Waals surface area contributed by atoms with Crippen molar-refractivity contribution in [2.75, 3.05) is 53.6 Å². The van der Waals surface area contributed by atoms with Gasteiger partial charge in [0.25, 0.3) is 0 Å². The molecule has 4 nitrogen and oxygen atoms in total. The SMILES string of the molecule is C.C.C.C.C.C.C.C.C.C.C.CC.CNCN1CCN(CNC)CC1.II. The number of rotatable bonds is 4. The van der Waals surface area contributed by atoms with Crippen LogP contribution in [0.25, 0.3) is 0 Å². The number of piperazine rings is 1. The van der Waals surface area contributed by atoms with E-state index in [1.165, 1.54) is 26.2 Å². The highest BCUT2D eigenvalue weighted by Crippen LogP contribution is 1.98. The standard InChI is InChI=1S/C8H20N4.C2H6.11CH4.I2/c1-9-7-11-3-5-12(6-4-11)8-10-2;1-2;;;;;;;;;;;;1-2/h9-10H,3-8H2,1-2H3;1-2H3;11*1H4;. The molecule has 1 rings (SSSR count). The molecule has 0 aromatic carbocycles. The monoisotopic (exact) mass is 632 g/mol. The van der Waals surface area contributed by atoms with Crippen molar-refractivity contribution in [3.8, 4) is 0 Å². The normalized spacial score (nSPS) is 10.0. The van der Waals surface area contributed by atoms with E-state index in [4.69, 9.17) is 0 Å². The van der Waals surface area contributed by atoms with Crippen LogP contribution >= 0.6 is 37.2 Å². The highest BCUT2D eigenvalue weighted by atomic mass is 128. The summed E-state index contributed by atoms with van der Waals surface area (Å²) < 4.78 is 0. The molecule has 1 saturated heterocycles. The molecule has 188 valence electrons. The van der Waals surface area contributed by atoms with Crippen molar-refractivity contribution >= 4 is 37.2 Å². The number of hydrogen-bond acceptors (Lipinski definition) is 4. The number of hydrogen-bond donors (Lipinski definition) is 2. The minimum Gasteiger partial charge on any atom is -0.307 e. The Kier molecular flexibility index (Phi) is 269. The molecule has 6 heteroatoms. The summed E-state index contributed by atoms with van der Waals surface area (Å²) >= 11 is 4.24. The molecule has 0 amide bonds. The van der Waals surface area contributed by atoms with Gasteiger partial charge in [-0.1, -0.05) is 95.5 Å². The van der Waals surface area contributed by atoms with E-state index in [1.807, 2.05) is 27.9 Å². The van der Waals surface area contributed by atoms with E-state index in [0.29, 0.717) is 0 Å². The van der Waals surface area contributed by atoms with Gasteiger partial charge in [-0.25, -0.2) is 0 Å². The highest BCUT2D eigenvalue weighted by Gasteiger charge is 2.14. The number of halogens is 2. The van der Waals surface area contributed by atoms with Crippen molar-refractivity contribution < 1.29 is 0 Å². The maximum atomic E-state index is 3.18. The van der Waals surface area contributed by atoms with Gasteiger partial charge in [0.15, 0.2) is 0 Å². The van der Waals surface area contributed by atoms with E-state index in [2.05, 4.69) is 57.7 Å². The Morgan fingerprint density at radius 2 is 0.667 bits per heavy atom. The van der Waals surface area contributed by atoms with Gasteiger partial charge in [-0.15, -0.1) is 0 Å². The predicted molar refractivity (Wildman–Crippen MR) is 164 cm³/mol. The summed E-state index contributed by atoms with van der Waals surface area (Å²) in [6, 6.07) is 0. The van der Waals surface area contributed by atoms with Gasteiger partial charge in [0.05, 0.1) is 0 Å². The lowest BCUT2D eigenvalue weighted by molar-refractivity contribution is 0.123. The molecule has 1 heterocycles. The smallest absolute Gasteiger partial charge is 0.0479 e. The fraction of sp³-hybridized carbons (Fsp3) is 1.00. The van der Waals surface area contributed by atoms with E-state index in [-0.39, 0.29) is 81.7 Å². The molecule has 1 aliphatic heterocycles. The molecular weight excluding hydrogens is 562 g/mol. The Bertz CT molecular complexity index is 111. The van der Waals surface area contributed by atoms with Crippen LogP contribution in [0.2, 0.25) is 0 Å². The lowest BCUT2D eigenvalue weighted by Crippen LogP contribution is -2.50. The van der Waals surface area contributed by atoms with Gasteiger partial charge >= 0.3 is 0 Å². The van der Waals surface area contributed by atoms with Crippen LogP contribution in [0, 0.1) is 0 Å². The van der Waals surface area contributed by atoms with Crippen molar-refractivity contribution in [1.29, 1.82) is 0 Å². The van der Waals surface area contributed by atoms with E-state index < -0.39 is 0 Å². The maximum absolute atomic E-state index is 3.18. The third kappa shape index (κ3) is 58.4. The summed E-state index contributed by atoms with van der Waals surface area (Å²) in [5.41, 5.74) is 0.